The van der Waals surface area contributed by atoms with Crippen molar-refractivity contribution in [3.05, 3.63) is 35.7 Å². The van der Waals surface area contributed by atoms with E-state index < -0.39 is 0 Å². The van der Waals surface area contributed by atoms with Crippen LogP contribution < -0.4 is 5.32 Å². The molecule has 0 saturated heterocycles. The minimum atomic E-state index is 0.278. The topological polar surface area (TPSA) is 55.9 Å². The summed E-state index contributed by atoms with van der Waals surface area (Å²) >= 11 is 0. The number of rotatable bonds is 7. The van der Waals surface area contributed by atoms with Crippen LogP contribution in [0.1, 0.15) is 50.4 Å². The average Bonchev–Trinajstić information content (AvgIpc) is 3.00. The summed E-state index contributed by atoms with van der Waals surface area (Å²) in [6, 6.07) is 2.12. The third-order valence-corrected chi connectivity index (χ3v) is 2.87. The normalized spacial score (nSPS) is 11.4. The number of nitrogens with zero attached hydrogens (tertiary/aromatic N) is 3. The van der Waals surface area contributed by atoms with E-state index in [-0.39, 0.29) is 5.92 Å². The predicted molar refractivity (Wildman–Crippen MR) is 73.9 cm³/mol. The van der Waals surface area contributed by atoms with Gasteiger partial charge < -0.3 is 14.4 Å². The largest absolute Gasteiger partial charge is 0.346 e. The summed E-state index contributed by atoms with van der Waals surface area (Å²) < 4.78 is 7.28. The van der Waals surface area contributed by atoms with E-state index in [1.165, 1.54) is 5.56 Å². The van der Waals surface area contributed by atoms with E-state index in [2.05, 4.69) is 39.2 Å². The van der Waals surface area contributed by atoms with Crippen LogP contribution >= 0.6 is 0 Å². The Morgan fingerprint density at radius 2 is 2.26 bits per heavy atom. The van der Waals surface area contributed by atoms with E-state index in [9.17, 15) is 0 Å². The Bertz CT molecular complexity index is 501. The molecular formula is C14H22N4O. The molecule has 0 aromatic carbocycles. The van der Waals surface area contributed by atoms with Crippen LogP contribution in [0.5, 0.6) is 0 Å². The molecule has 0 fully saturated rings. The van der Waals surface area contributed by atoms with Gasteiger partial charge in [-0.25, -0.2) is 0 Å². The van der Waals surface area contributed by atoms with Crippen LogP contribution in [0.15, 0.2) is 23.0 Å². The van der Waals surface area contributed by atoms with Crippen LogP contribution in [0.25, 0.3) is 0 Å². The molecule has 0 bridgehead atoms. The van der Waals surface area contributed by atoms with E-state index >= 15 is 0 Å². The molecule has 1 N–H and O–H groups in total. The quantitative estimate of drug-likeness (QED) is 0.779. The van der Waals surface area contributed by atoms with Gasteiger partial charge in [-0.05, 0) is 24.6 Å². The third-order valence-electron chi connectivity index (χ3n) is 2.87. The maximum Gasteiger partial charge on any atom is 0.229 e. The van der Waals surface area contributed by atoms with Crippen molar-refractivity contribution in [2.45, 2.75) is 46.2 Å². The highest BCUT2D eigenvalue weighted by atomic mass is 16.5. The Hall–Kier alpha value is -1.62. The maximum absolute atomic E-state index is 5.20. The van der Waals surface area contributed by atoms with E-state index in [0.717, 1.165) is 25.3 Å². The van der Waals surface area contributed by atoms with Crippen LogP contribution in [0.4, 0.5) is 0 Å². The SMILES string of the molecule is CCCNCc1ccn(Cc2noc(C(C)C)n2)c1. The lowest BCUT2D eigenvalue weighted by Gasteiger charge is -2.00. The lowest BCUT2D eigenvalue weighted by atomic mass is 10.2. The Kier molecular flexibility index (Phi) is 4.74. The van der Waals surface area contributed by atoms with Gasteiger partial charge in [-0.1, -0.05) is 25.9 Å². The van der Waals surface area contributed by atoms with Gasteiger partial charge in [0, 0.05) is 24.9 Å². The molecule has 0 aliphatic carbocycles. The zero-order valence-corrected chi connectivity index (χ0v) is 11.9. The molecule has 0 aliphatic rings. The first-order chi connectivity index (χ1) is 9.19. The molecule has 5 heteroatoms. The van der Waals surface area contributed by atoms with Crippen molar-refractivity contribution in [2.75, 3.05) is 6.54 Å². The van der Waals surface area contributed by atoms with E-state index in [1.54, 1.807) is 0 Å². The second-order valence-corrected chi connectivity index (χ2v) is 5.07. The number of aromatic nitrogens is 3. The highest BCUT2D eigenvalue weighted by molar-refractivity contribution is 5.10. The fourth-order valence-corrected chi connectivity index (χ4v) is 1.83. The zero-order chi connectivity index (χ0) is 13.7. The molecule has 0 spiro atoms. The second-order valence-electron chi connectivity index (χ2n) is 5.07. The number of nitrogens with one attached hydrogen (secondary N) is 1. The van der Waals surface area contributed by atoms with Gasteiger partial charge in [0.15, 0.2) is 5.82 Å². The van der Waals surface area contributed by atoms with Crippen LogP contribution in [-0.2, 0) is 13.1 Å². The molecule has 0 aliphatic heterocycles. The van der Waals surface area contributed by atoms with E-state index in [1.807, 2.05) is 20.0 Å². The summed E-state index contributed by atoms with van der Waals surface area (Å²) in [6.45, 7) is 8.87. The Labute approximate surface area is 114 Å². The Morgan fingerprint density at radius 1 is 1.42 bits per heavy atom. The molecule has 0 amide bonds. The summed E-state index contributed by atoms with van der Waals surface area (Å²) in [5.74, 6) is 1.71. The van der Waals surface area contributed by atoms with E-state index in [4.69, 9.17) is 4.52 Å². The van der Waals surface area contributed by atoms with Gasteiger partial charge in [0.25, 0.3) is 0 Å². The molecule has 0 radical (unpaired) electrons. The smallest absolute Gasteiger partial charge is 0.229 e. The molecule has 2 aromatic rings. The fourth-order valence-electron chi connectivity index (χ4n) is 1.83. The van der Waals surface area contributed by atoms with Gasteiger partial charge >= 0.3 is 0 Å². The van der Waals surface area contributed by atoms with Crippen LogP contribution in [0.2, 0.25) is 0 Å². The summed E-state index contributed by atoms with van der Waals surface area (Å²) in [6.07, 6.45) is 5.32. The van der Waals surface area contributed by atoms with Gasteiger partial charge in [-0.15, -0.1) is 0 Å². The summed E-state index contributed by atoms with van der Waals surface area (Å²) in [5.41, 5.74) is 1.28. The van der Waals surface area contributed by atoms with Crippen molar-refractivity contribution in [1.82, 2.24) is 20.0 Å². The summed E-state index contributed by atoms with van der Waals surface area (Å²) in [7, 11) is 0. The molecule has 0 unspecified atom stereocenters. The minimum Gasteiger partial charge on any atom is -0.346 e. The van der Waals surface area contributed by atoms with Crippen LogP contribution in [-0.4, -0.2) is 21.3 Å². The molecule has 104 valence electrons. The highest BCUT2D eigenvalue weighted by Crippen LogP contribution is 2.12. The molecule has 5 nitrogen and oxygen atoms in total. The number of hydrogen-bond acceptors (Lipinski definition) is 4. The standard InChI is InChI=1S/C14H22N4O/c1-4-6-15-8-12-5-7-18(9-12)10-13-16-14(11(2)3)19-17-13/h5,7,9,11,15H,4,6,8,10H2,1-3H3. The van der Waals surface area contributed by atoms with Crippen molar-refractivity contribution in [3.63, 3.8) is 0 Å². The van der Waals surface area contributed by atoms with Crippen LogP contribution in [0, 0.1) is 0 Å². The highest BCUT2D eigenvalue weighted by Gasteiger charge is 2.10. The zero-order valence-electron chi connectivity index (χ0n) is 11.9. The van der Waals surface area contributed by atoms with Crippen molar-refractivity contribution in [3.8, 4) is 0 Å². The molecule has 2 heterocycles. The number of hydrogen-bond donors (Lipinski definition) is 1. The van der Waals surface area contributed by atoms with Crippen molar-refractivity contribution < 1.29 is 4.52 Å². The summed E-state index contributed by atoms with van der Waals surface area (Å²) in [4.78, 5) is 4.38. The van der Waals surface area contributed by atoms with Crippen molar-refractivity contribution >= 4 is 0 Å². The van der Waals surface area contributed by atoms with E-state index in [0.29, 0.717) is 12.4 Å². The minimum absolute atomic E-state index is 0.278. The maximum atomic E-state index is 5.20. The van der Waals surface area contributed by atoms with Gasteiger partial charge in [0.2, 0.25) is 5.89 Å². The molecular weight excluding hydrogens is 240 g/mol. The lowest BCUT2D eigenvalue weighted by molar-refractivity contribution is 0.360. The lowest BCUT2D eigenvalue weighted by Crippen LogP contribution is -2.13. The van der Waals surface area contributed by atoms with Crippen molar-refractivity contribution in [1.29, 1.82) is 0 Å². The molecule has 2 aromatic heterocycles. The Morgan fingerprint density at radius 3 is 2.95 bits per heavy atom. The first kappa shape index (κ1) is 13.8. The molecule has 19 heavy (non-hydrogen) atoms. The summed E-state index contributed by atoms with van der Waals surface area (Å²) in [5, 5.41) is 7.38. The predicted octanol–water partition coefficient (Wildman–Crippen LogP) is 2.54. The average molecular weight is 262 g/mol. The molecule has 0 saturated carbocycles. The van der Waals surface area contributed by atoms with Gasteiger partial charge in [-0.3, -0.25) is 0 Å². The van der Waals surface area contributed by atoms with Gasteiger partial charge in [0.1, 0.15) is 0 Å². The first-order valence-electron chi connectivity index (χ1n) is 6.87. The molecule has 2 rings (SSSR count). The second kappa shape index (κ2) is 6.52. The van der Waals surface area contributed by atoms with Gasteiger partial charge in [-0.2, -0.15) is 4.98 Å². The Balaban J connectivity index is 1.91. The van der Waals surface area contributed by atoms with Crippen LogP contribution in [0.3, 0.4) is 0 Å². The fraction of sp³-hybridized carbons (Fsp3) is 0.571. The monoisotopic (exact) mass is 262 g/mol. The third kappa shape index (κ3) is 3.92. The molecule has 0 atom stereocenters. The first-order valence-corrected chi connectivity index (χ1v) is 6.87. The van der Waals surface area contributed by atoms with Crippen molar-refractivity contribution in [2.24, 2.45) is 0 Å². The van der Waals surface area contributed by atoms with Gasteiger partial charge in [0.05, 0.1) is 6.54 Å².